The number of unbranched alkanes of at least 4 members (excludes halogenated alkanes) is 6. The number of nitrogens with zero attached hydrogens (tertiary/aromatic N) is 1. The zero-order chi connectivity index (χ0) is 30.3. The Morgan fingerprint density at radius 1 is 0.881 bits per heavy atom. The molecule has 2 nitrogen and oxygen atoms in total. The molecule has 3 atom stereocenters. The number of ether oxygens (including phenoxy) is 1. The molecule has 0 N–H and O–H groups in total. The summed E-state index contributed by atoms with van der Waals surface area (Å²) in [6.07, 6.45) is 8.62. The topological polar surface area (TPSA) is 22.1 Å². The molecule has 0 amide bonds. The molecule has 0 radical (unpaired) electrons. The minimum atomic E-state index is -3.41. The highest BCUT2D eigenvalue weighted by atomic mass is 19.3. The number of hydrogen-bond acceptors (Lipinski definition) is 2. The van der Waals surface area contributed by atoms with Gasteiger partial charge in [-0.25, -0.2) is 26.9 Å². The summed E-state index contributed by atoms with van der Waals surface area (Å²) in [6.45, 7) is 0.879. The van der Waals surface area contributed by atoms with Crippen molar-refractivity contribution in [2.75, 3.05) is 6.61 Å². The van der Waals surface area contributed by atoms with Crippen LogP contribution in [0.1, 0.15) is 108 Å². The Balaban J connectivity index is 1.34. The van der Waals surface area contributed by atoms with E-state index in [9.17, 15) is 17.6 Å². The van der Waals surface area contributed by atoms with Gasteiger partial charge in [0, 0.05) is 11.5 Å². The van der Waals surface area contributed by atoms with Crippen LogP contribution in [0.4, 0.5) is 30.7 Å². The molecule has 2 aliphatic rings. The summed E-state index contributed by atoms with van der Waals surface area (Å²) < 4.78 is 108. The number of rotatable bonds is 17. The quantitative estimate of drug-likeness (QED) is 0.102. The van der Waals surface area contributed by atoms with Crippen molar-refractivity contribution in [3.63, 3.8) is 0 Å². The van der Waals surface area contributed by atoms with E-state index < -0.39 is 65.2 Å². The summed E-state index contributed by atoms with van der Waals surface area (Å²) >= 11 is 0. The van der Waals surface area contributed by atoms with Gasteiger partial charge in [-0.3, -0.25) is 0 Å². The van der Waals surface area contributed by atoms with Crippen molar-refractivity contribution in [2.24, 2.45) is 11.8 Å². The second kappa shape index (κ2) is 14.9. The lowest BCUT2D eigenvalue weighted by atomic mass is 9.78. The molecule has 9 heteroatoms. The van der Waals surface area contributed by atoms with Crippen LogP contribution in [0.15, 0.2) is 18.2 Å². The monoisotopic (exact) mass is 601 g/mol. The molecule has 42 heavy (non-hydrogen) atoms. The van der Waals surface area contributed by atoms with Crippen LogP contribution in [0.2, 0.25) is 0 Å². The van der Waals surface area contributed by atoms with Crippen molar-refractivity contribution in [2.45, 2.75) is 122 Å². The Morgan fingerprint density at radius 2 is 1.55 bits per heavy atom. The van der Waals surface area contributed by atoms with E-state index in [-0.39, 0.29) is 36.9 Å². The highest BCUT2D eigenvalue weighted by Crippen LogP contribution is 2.48. The first-order chi connectivity index (χ1) is 20.1. The molecule has 1 aromatic heterocycles. The largest absolute Gasteiger partial charge is 0.487 e. The third-order valence-electron chi connectivity index (χ3n) is 8.70. The van der Waals surface area contributed by atoms with E-state index in [1.807, 2.05) is 0 Å². The number of halogens is 7. The highest BCUT2D eigenvalue weighted by Gasteiger charge is 2.48. The molecular formula is C33H42F7NO. The Kier molecular flexibility index (Phi) is 11.6. The molecule has 0 saturated heterocycles. The van der Waals surface area contributed by atoms with Gasteiger partial charge in [0.1, 0.15) is 12.8 Å². The fourth-order valence-corrected chi connectivity index (χ4v) is 5.98. The smallest absolute Gasteiger partial charge is 0.280 e. The number of hydrogen-bond donors (Lipinski definition) is 0. The van der Waals surface area contributed by atoms with Crippen LogP contribution in [0, 0.1) is 29.4 Å². The number of alkyl halides is 4. The zero-order valence-electron chi connectivity index (χ0n) is 24.4. The molecule has 1 aromatic carbocycles. The van der Waals surface area contributed by atoms with Gasteiger partial charge in [-0.1, -0.05) is 77.6 Å². The molecule has 2 aliphatic carbocycles. The van der Waals surface area contributed by atoms with Crippen molar-refractivity contribution in [3.8, 4) is 17.0 Å². The van der Waals surface area contributed by atoms with E-state index in [0.29, 0.717) is 12.8 Å². The van der Waals surface area contributed by atoms with Crippen LogP contribution in [-0.2, 0) is 12.3 Å². The average molecular weight is 602 g/mol. The van der Waals surface area contributed by atoms with E-state index >= 15 is 13.2 Å². The van der Waals surface area contributed by atoms with Gasteiger partial charge in [0.25, 0.3) is 5.92 Å². The SMILES string of the molecule is CCCC(F)C(F)COc1ccc(-c2cc3c(c(F)n2)C(F)(F)C(CCCCCCCCCC2CC2)CC3)c(F)c1F. The molecular weight excluding hydrogens is 559 g/mol. The first-order valence-electron chi connectivity index (χ1n) is 15.6. The maximum atomic E-state index is 15.4. The zero-order valence-corrected chi connectivity index (χ0v) is 24.4. The summed E-state index contributed by atoms with van der Waals surface area (Å²) in [7, 11) is 0. The van der Waals surface area contributed by atoms with E-state index in [0.717, 1.165) is 37.3 Å². The summed E-state index contributed by atoms with van der Waals surface area (Å²) in [4.78, 5) is 3.59. The molecule has 1 fully saturated rings. The van der Waals surface area contributed by atoms with Crippen molar-refractivity contribution in [3.05, 3.63) is 46.9 Å². The predicted octanol–water partition coefficient (Wildman–Crippen LogP) is 10.6. The lowest BCUT2D eigenvalue weighted by Gasteiger charge is -2.33. The van der Waals surface area contributed by atoms with E-state index in [1.54, 1.807) is 6.92 Å². The minimum absolute atomic E-state index is 0.0234. The predicted molar refractivity (Wildman–Crippen MR) is 150 cm³/mol. The van der Waals surface area contributed by atoms with Crippen LogP contribution >= 0.6 is 0 Å². The maximum absolute atomic E-state index is 15.4. The fraction of sp³-hybridized carbons (Fsp3) is 0.667. The fourth-order valence-electron chi connectivity index (χ4n) is 5.98. The van der Waals surface area contributed by atoms with Crippen molar-refractivity contribution in [1.82, 2.24) is 4.98 Å². The van der Waals surface area contributed by atoms with Crippen LogP contribution in [-0.4, -0.2) is 23.9 Å². The molecule has 1 saturated carbocycles. The minimum Gasteiger partial charge on any atom is -0.487 e. The standard InChI is InChI=1S/C33H42F7NO/c1-2-10-25(34)26(35)20-42-28-18-17-24(30(36)31(28)37)27-19-22-15-16-23(33(39,40)29(22)32(38)41-27)12-9-7-5-3-4-6-8-11-21-13-14-21/h17-19,21,23,25-26H,2-16,20H2,1H3. The van der Waals surface area contributed by atoms with Gasteiger partial charge in [0.15, 0.2) is 17.7 Å². The Hall–Kier alpha value is -2.32. The molecule has 1 heterocycles. The third-order valence-corrected chi connectivity index (χ3v) is 8.70. The first kappa shape index (κ1) is 32.6. The second-order valence-electron chi connectivity index (χ2n) is 12.1. The molecule has 0 bridgehead atoms. The number of benzene rings is 1. The Morgan fingerprint density at radius 3 is 2.21 bits per heavy atom. The van der Waals surface area contributed by atoms with Gasteiger partial charge < -0.3 is 4.74 Å². The normalized spacial score (nSPS) is 19.4. The molecule has 3 unspecified atom stereocenters. The summed E-state index contributed by atoms with van der Waals surface area (Å²) in [6, 6.07) is 3.25. The van der Waals surface area contributed by atoms with E-state index in [4.69, 9.17) is 4.74 Å². The number of fused-ring (bicyclic) bond motifs is 1. The van der Waals surface area contributed by atoms with Gasteiger partial charge in [0.2, 0.25) is 11.8 Å². The third kappa shape index (κ3) is 8.19. The molecule has 0 aliphatic heterocycles. The van der Waals surface area contributed by atoms with Crippen LogP contribution < -0.4 is 4.74 Å². The molecule has 0 spiro atoms. The van der Waals surface area contributed by atoms with Crippen LogP contribution in [0.5, 0.6) is 5.75 Å². The summed E-state index contributed by atoms with van der Waals surface area (Å²) in [5.74, 6) is -8.41. The van der Waals surface area contributed by atoms with Crippen molar-refractivity contribution >= 4 is 0 Å². The van der Waals surface area contributed by atoms with Gasteiger partial charge in [-0.2, -0.15) is 8.78 Å². The van der Waals surface area contributed by atoms with Gasteiger partial charge >= 0.3 is 0 Å². The van der Waals surface area contributed by atoms with Crippen LogP contribution in [0.3, 0.4) is 0 Å². The van der Waals surface area contributed by atoms with Crippen molar-refractivity contribution < 1.29 is 35.5 Å². The van der Waals surface area contributed by atoms with E-state index in [2.05, 4.69) is 4.98 Å². The van der Waals surface area contributed by atoms with Gasteiger partial charge in [-0.05, 0) is 55.4 Å². The van der Waals surface area contributed by atoms with Gasteiger partial charge in [-0.15, -0.1) is 0 Å². The summed E-state index contributed by atoms with van der Waals surface area (Å²) in [5, 5.41) is 0. The summed E-state index contributed by atoms with van der Waals surface area (Å²) in [5.41, 5.74) is -1.50. The van der Waals surface area contributed by atoms with Gasteiger partial charge in [0.05, 0.1) is 11.3 Å². The number of aryl methyl sites for hydroxylation is 1. The first-order valence-corrected chi connectivity index (χ1v) is 15.6. The van der Waals surface area contributed by atoms with Crippen molar-refractivity contribution in [1.29, 1.82) is 0 Å². The average Bonchev–Trinajstić information content (AvgIpc) is 3.78. The second-order valence-corrected chi connectivity index (χ2v) is 12.1. The lowest BCUT2D eigenvalue weighted by molar-refractivity contribution is -0.0824. The lowest BCUT2D eigenvalue weighted by Crippen LogP contribution is -2.33. The Bertz CT molecular complexity index is 1170. The Labute approximate surface area is 244 Å². The van der Waals surface area contributed by atoms with Crippen LogP contribution in [0.25, 0.3) is 11.3 Å². The molecule has 4 rings (SSSR count). The molecule has 234 valence electrons. The maximum Gasteiger partial charge on any atom is 0.280 e. The highest BCUT2D eigenvalue weighted by molar-refractivity contribution is 5.63. The molecule has 2 aromatic rings. The number of pyridine rings is 1. The number of aromatic nitrogens is 1. The van der Waals surface area contributed by atoms with E-state index in [1.165, 1.54) is 44.6 Å².